The molecular weight excluding hydrogens is 288 g/mol. The summed E-state index contributed by atoms with van der Waals surface area (Å²) in [6.07, 6.45) is 5.82. The molecule has 6 nitrogen and oxygen atoms in total. The van der Waals surface area contributed by atoms with Crippen LogP contribution < -0.4 is 5.43 Å². The zero-order chi connectivity index (χ0) is 15.3. The predicted molar refractivity (Wildman–Crippen MR) is 83.9 cm³/mol. The van der Waals surface area contributed by atoms with Crippen LogP contribution in [0.5, 0.6) is 0 Å². The Morgan fingerprint density at radius 2 is 1.90 bits per heavy atom. The van der Waals surface area contributed by atoms with Crippen LogP contribution in [0.3, 0.4) is 0 Å². The topological polar surface area (TPSA) is 74.7 Å². The van der Waals surface area contributed by atoms with Crippen molar-refractivity contribution in [1.29, 1.82) is 0 Å². The quantitative estimate of drug-likeness (QED) is 0.819. The van der Waals surface area contributed by atoms with E-state index in [4.69, 9.17) is 0 Å². The highest BCUT2D eigenvalue weighted by Gasteiger charge is 2.21. The van der Waals surface area contributed by atoms with Crippen molar-refractivity contribution in [2.45, 2.75) is 44.4 Å². The van der Waals surface area contributed by atoms with E-state index < -0.39 is 10.0 Å². The van der Waals surface area contributed by atoms with E-state index in [0.717, 1.165) is 18.6 Å². The SMILES string of the molecule is CCN(CC)S(=O)(=O)c1ccc(NN=C2CCCC2)nc1. The Bertz CT molecular complexity index is 584. The molecule has 0 amide bonds. The van der Waals surface area contributed by atoms with Gasteiger partial charge in [-0.15, -0.1) is 0 Å². The molecule has 116 valence electrons. The van der Waals surface area contributed by atoms with E-state index >= 15 is 0 Å². The second-order valence-electron chi connectivity index (χ2n) is 4.97. The van der Waals surface area contributed by atoms with Gasteiger partial charge < -0.3 is 0 Å². The van der Waals surface area contributed by atoms with Crippen molar-refractivity contribution in [2.75, 3.05) is 18.5 Å². The zero-order valence-electron chi connectivity index (χ0n) is 12.5. The number of hydrogen-bond donors (Lipinski definition) is 1. The fourth-order valence-electron chi connectivity index (χ4n) is 2.34. The van der Waals surface area contributed by atoms with Gasteiger partial charge in [-0.2, -0.15) is 9.41 Å². The molecule has 0 aromatic carbocycles. The third-order valence-electron chi connectivity index (χ3n) is 3.59. The van der Waals surface area contributed by atoms with Crippen LogP contribution in [0.2, 0.25) is 0 Å². The van der Waals surface area contributed by atoms with Crippen molar-refractivity contribution in [1.82, 2.24) is 9.29 Å². The van der Waals surface area contributed by atoms with Crippen LogP contribution in [-0.2, 0) is 10.0 Å². The Hall–Kier alpha value is -1.47. The van der Waals surface area contributed by atoms with Gasteiger partial charge in [0.15, 0.2) is 0 Å². The molecule has 1 saturated carbocycles. The number of anilines is 1. The summed E-state index contributed by atoms with van der Waals surface area (Å²) >= 11 is 0. The van der Waals surface area contributed by atoms with Crippen LogP contribution in [0.4, 0.5) is 5.82 Å². The number of nitrogens with zero attached hydrogens (tertiary/aromatic N) is 3. The largest absolute Gasteiger partial charge is 0.261 e. The van der Waals surface area contributed by atoms with Crippen LogP contribution in [0.15, 0.2) is 28.3 Å². The molecule has 1 aliphatic carbocycles. The van der Waals surface area contributed by atoms with Crippen LogP contribution in [0.1, 0.15) is 39.5 Å². The van der Waals surface area contributed by atoms with E-state index in [1.54, 1.807) is 12.1 Å². The van der Waals surface area contributed by atoms with E-state index in [0.29, 0.717) is 18.9 Å². The number of aromatic nitrogens is 1. The molecule has 0 saturated heterocycles. The molecule has 7 heteroatoms. The van der Waals surface area contributed by atoms with Gasteiger partial charge in [0.25, 0.3) is 0 Å². The van der Waals surface area contributed by atoms with Gasteiger partial charge in [0.2, 0.25) is 10.0 Å². The molecule has 1 aliphatic rings. The van der Waals surface area contributed by atoms with E-state index in [1.165, 1.54) is 23.3 Å². The van der Waals surface area contributed by atoms with E-state index in [1.807, 2.05) is 13.8 Å². The maximum atomic E-state index is 12.3. The van der Waals surface area contributed by atoms with Crippen molar-refractivity contribution in [2.24, 2.45) is 5.10 Å². The maximum Gasteiger partial charge on any atom is 0.244 e. The Labute approximate surface area is 126 Å². The van der Waals surface area contributed by atoms with Gasteiger partial charge in [0, 0.05) is 25.0 Å². The first kappa shape index (κ1) is 15.9. The Morgan fingerprint density at radius 1 is 1.24 bits per heavy atom. The summed E-state index contributed by atoms with van der Waals surface area (Å²) in [6, 6.07) is 3.22. The number of hydrazone groups is 1. The van der Waals surface area contributed by atoms with Gasteiger partial charge in [-0.1, -0.05) is 13.8 Å². The maximum absolute atomic E-state index is 12.3. The first-order valence-electron chi connectivity index (χ1n) is 7.35. The average Bonchev–Trinajstić information content (AvgIpc) is 3.00. The standard InChI is InChI=1S/C14H22N4O2S/c1-3-18(4-2)21(19,20)13-9-10-14(15-11-13)17-16-12-7-5-6-8-12/h9-11H,3-8H2,1-2H3,(H,15,17). The minimum atomic E-state index is -3.44. The van der Waals surface area contributed by atoms with Gasteiger partial charge in [-0.05, 0) is 37.8 Å². The van der Waals surface area contributed by atoms with Gasteiger partial charge >= 0.3 is 0 Å². The van der Waals surface area contributed by atoms with E-state index in [9.17, 15) is 8.42 Å². The summed E-state index contributed by atoms with van der Waals surface area (Å²) in [7, 11) is -3.44. The Balaban J connectivity index is 2.09. The number of sulfonamides is 1. The minimum Gasteiger partial charge on any atom is -0.261 e. The Morgan fingerprint density at radius 3 is 2.43 bits per heavy atom. The molecular formula is C14H22N4O2S. The molecule has 1 N–H and O–H groups in total. The summed E-state index contributed by atoms with van der Waals surface area (Å²) in [4.78, 5) is 4.35. The highest BCUT2D eigenvalue weighted by Crippen LogP contribution is 2.17. The Kier molecular flexibility index (Phi) is 5.30. The lowest BCUT2D eigenvalue weighted by atomic mass is 10.3. The predicted octanol–water partition coefficient (Wildman–Crippen LogP) is 2.45. The zero-order valence-corrected chi connectivity index (χ0v) is 13.4. The third-order valence-corrected chi connectivity index (χ3v) is 5.62. The van der Waals surface area contributed by atoms with Crippen molar-refractivity contribution >= 4 is 21.6 Å². The summed E-state index contributed by atoms with van der Waals surface area (Å²) < 4.78 is 26.0. The molecule has 21 heavy (non-hydrogen) atoms. The average molecular weight is 310 g/mol. The molecule has 0 spiro atoms. The molecule has 0 bridgehead atoms. The van der Waals surface area contributed by atoms with Crippen LogP contribution >= 0.6 is 0 Å². The van der Waals surface area contributed by atoms with Gasteiger partial charge in [0.1, 0.15) is 10.7 Å². The number of rotatable bonds is 6. The van der Waals surface area contributed by atoms with E-state index in [2.05, 4.69) is 15.5 Å². The fraction of sp³-hybridized carbons (Fsp3) is 0.571. The van der Waals surface area contributed by atoms with Crippen molar-refractivity contribution in [3.8, 4) is 0 Å². The lowest BCUT2D eigenvalue weighted by Crippen LogP contribution is -2.30. The summed E-state index contributed by atoms with van der Waals surface area (Å²) in [6.45, 7) is 4.54. The molecule has 0 aliphatic heterocycles. The fourth-order valence-corrected chi connectivity index (χ4v) is 3.75. The molecule has 1 aromatic rings. The summed E-state index contributed by atoms with van der Waals surface area (Å²) in [5, 5.41) is 4.30. The first-order chi connectivity index (χ1) is 10.1. The van der Waals surface area contributed by atoms with Crippen LogP contribution in [-0.4, -0.2) is 36.5 Å². The van der Waals surface area contributed by atoms with Crippen LogP contribution in [0, 0.1) is 0 Å². The highest BCUT2D eigenvalue weighted by molar-refractivity contribution is 7.89. The van der Waals surface area contributed by atoms with Crippen molar-refractivity contribution in [3.05, 3.63) is 18.3 Å². The lowest BCUT2D eigenvalue weighted by Gasteiger charge is -2.18. The molecule has 1 fully saturated rings. The van der Waals surface area contributed by atoms with Crippen molar-refractivity contribution in [3.63, 3.8) is 0 Å². The van der Waals surface area contributed by atoms with Crippen molar-refractivity contribution < 1.29 is 8.42 Å². The molecule has 0 radical (unpaired) electrons. The monoisotopic (exact) mass is 310 g/mol. The molecule has 0 unspecified atom stereocenters. The molecule has 1 aromatic heterocycles. The number of hydrogen-bond acceptors (Lipinski definition) is 5. The first-order valence-corrected chi connectivity index (χ1v) is 8.79. The normalized spacial score (nSPS) is 15.5. The number of nitrogens with one attached hydrogen (secondary N) is 1. The van der Waals surface area contributed by atoms with Gasteiger partial charge in [-0.25, -0.2) is 13.4 Å². The van der Waals surface area contributed by atoms with Gasteiger partial charge in [0.05, 0.1) is 0 Å². The summed E-state index contributed by atoms with van der Waals surface area (Å²) in [5.74, 6) is 0.563. The van der Waals surface area contributed by atoms with E-state index in [-0.39, 0.29) is 4.90 Å². The third kappa shape index (κ3) is 3.79. The molecule has 2 rings (SSSR count). The minimum absolute atomic E-state index is 0.213. The lowest BCUT2D eigenvalue weighted by molar-refractivity contribution is 0.445. The highest BCUT2D eigenvalue weighted by atomic mass is 32.2. The smallest absolute Gasteiger partial charge is 0.244 e. The van der Waals surface area contributed by atoms with Crippen LogP contribution in [0.25, 0.3) is 0 Å². The second kappa shape index (κ2) is 7.00. The second-order valence-corrected chi connectivity index (χ2v) is 6.90. The molecule has 1 heterocycles. The van der Waals surface area contributed by atoms with Gasteiger partial charge in [-0.3, -0.25) is 5.43 Å². The summed E-state index contributed by atoms with van der Waals surface area (Å²) in [5.41, 5.74) is 4.04. The molecule has 0 atom stereocenters. The number of pyridine rings is 1.